The van der Waals surface area contributed by atoms with Gasteiger partial charge in [0.05, 0.1) is 12.1 Å². The number of benzene rings is 1. The van der Waals surface area contributed by atoms with Crippen LogP contribution in [-0.2, 0) is 11.2 Å². The highest BCUT2D eigenvalue weighted by Crippen LogP contribution is 2.16. The maximum atomic E-state index is 10.5. The smallest absolute Gasteiger partial charge is 0.307 e. The van der Waals surface area contributed by atoms with E-state index in [0.29, 0.717) is 5.56 Å². The van der Waals surface area contributed by atoms with Crippen molar-refractivity contribution in [2.24, 2.45) is 0 Å². The van der Waals surface area contributed by atoms with E-state index in [-0.39, 0.29) is 6.42 Å². The summed E-state index contributed by atoms with van der Waals surface area (Å²) >= 11 is 0. The molecule has 0 saturated carbocycles. The number of aromatic nitrogens is 1. The van der Waals surface area contributed by atoms with Crippen LogP contribution < -0.4 is 0 Å². The van der Waals surface area contributed by atoms with Gasteiger partial charge in [-0.05, 0) is 11.6 Å². The molecule has 0 atom stereocenters. The van der Waals surface area contributed by atoms with Gasteiger partial charge in [-0.25, -0.2) is 0 Å². The number of carboxylic acids is 1. The lowest BCUT2D eigenvalue weighted by molar-refractivity contribution is -0.136. The maximum Gasteiger partial charge on any atom is 0.307 e. The molecule has 0 aliphatic carbocycles. The Labute approximate surface area is 93.4 Å². The first-order valence-corrected chi connectivity index (χ1v) is 4.98. The van der Waals surface area contributed by atoms with Crippen LogP contribution in [0, 0.1) is 0 Å². The Bertz CT molecular complexity index is 477. The van der Waals surface area contributed by atoms with Gasteiger partial charge in [-0.2, -0.15) is 0 Å². The third kappa shape index (κ3) is 2.45. The summed E-state index contributed by atoms with van der Waals surface area (Å²) in [5.74, 6) is -0.839. The van der Waals surface area contributed by atoms with E-state index < -0.39 is 5.97 Å². The number of hydrogen-bond acceptors (Lipinski definition) is 2. The Morgan fingerprint density at radius 2 is 1.88 bits per heavy atom. The molecule has 2 rings (SSSR count). The summed E-state index contributed by atoms with van der Waals surface area (Å²) in [5.41, 5.74) is 2.60. The van der Waals surface area contributed by atoms with E-state index in [1.54, 1.807) is 12.3 Å². The fourth-order valence-corrected chi connectivity index (χ4v) is 1.48. The number of hydrogen-bond donors (Lipinski definition) is 1. The average molecular weight is 213 g/mol. The van der Waals surface area contributed by atoms with E-state index in [9.17, 15) is 4.79 Å². The summed E-state index contributed by atoms with van der Waals surface area (Å²) in [6, 6.07) is 13.4. The van der Waals surface area contributed by atoms with Crippen LogP contribution in [0.3, 0.4) is 0 Å². The highest BCUT2D eigenvalue weighted by Gasteiger charge is 2.02. The minimum atomic E-state index is -0.839. The topological polar surface area (TPSA) is 50.2 Å². The molecule has 80 valence electrons. The molecular formula is C13H11NO2. The molecule has 1 N–H and O–H groups in total. The van der Waals surface area contributed by atoms with Gasteiger partial charge in [0, 0.05) is 11.8 Å². The first-order chi connectivity index (χ1) is 7.75. The van der Waals surface area contributed by atoms with Crippen LogP contribution in [0.25, 0.3) is 11.3 Å². The molecule has 0 fully saturated rings. The van der Waals surface area contributed by atoms with Gasteiger partial charge in [-0.15, -0.1) is 0 Å². The van der Waals surface area contributed by atoms with Crippen LogP contribution in [-0.4, -0.2) is 16.1 Å². The average Bonchev–Trinajstić information content (AvgIpc) is 2.30. The van der Waals surface area contributed by atoms with Crippen LogP contribution in [0.1, 0.15) is 5.56 Å². The molecule has 0 spiro atoms. The van der Waals surface area contributed by atoms with E-state index in [1.807, 2.05) is 36.4 Å². The lowest BCUT2D eigenvalue weighted by Gasteiger charge is -2.01. The number of pyridine rings is 1. The van der Waals surface area contributed by atoms with E-state index in [0.717, 1.165) is 11.3 Å². The predicted octanol–water partition coefficient (Wildman–Crippen LogP) is 2.38. The molecule has 3 heteroatoms. The fourth-order valence-electron chi connectivity index (χ4n) is 1.48. The zero-order valence-corrected chi connectivity index (χ0v) is 8.63. The highest BCUT2D eigenvalue weighted by molar-refractivity contribution is 5.70. The molecule has 16 heavy (non-hydrogen) atoms. The summed E-state index contributed by atoms with van der Waals surface area (Å²) in [4.78, 5) is 14.7. The molecule has 2 aromatic rings. The van der Waals surface area contributed by atoms with Gasteiger partial charge in [0.1, 0.15) is 0 Å². The third-order valence-corrected chi connectivity index (χ3v) is 2.25. The summed E-state index contributed by atoms with van der Waals surface area (Å²) in [7, 11) is 0. The van der Waals surface area contributed by atoms with E-state index >= 15 is 0 Å². The summed E-state index contributed by atoms with van der Waals surface area (Å²) in [6.07, 6.45) is 1.62. The van der Waals surface area contributed by atoms with Crippen molar-refractivity contribution in [3.05, 3.63) is 54.2 Å². The molecule has 1 heterocycles. The van der Waals surface area contributed by atoms with Crippen molar-refractivity contribution in [2.75, 3.05) is 0 Å². The molecule has 0 radical (unpaired) electrons. The number of rotatable bonds is 3. The Kier molecular flexibility index (Phi) is 2.96. The van der Waals surface area contributed by atoms with Gasteiger partial charge in [-0.1, -0.05) is 36.4 Å². The van der Waals surface area contributed by atoms with Crippen molar-refractivity contribution in [3.8, 4) is 11.3 Å². The fraction of sp³-hybridized carbons (Fsp3) is 0.0769. The molecule has 0 amide bonds. The van der Waals surface area contributed by atoms with Crippen molar-refractivity contribution in [1.82, 2.24) is 4.98 Å². The minimum Gasteiger partial charge on any atom is -0.481 e. The van der Waals surface area contributed by atoms with Gasteiger partial charge in [0.15, 0.2) is 0 Å². The second-order valence-electron chi connectivity index (χ2n) is 3.49. The zero-order chi connectivity index (χ0) is 11.4. The Morgan fingerprint density at radius 1 is 1.12 bits per heavy atom. The number of aliphatic carboxylic acids is 1. The molecule has 0 unspecified atom stereocenters. The van der Waals surface area contributed by atoms with Gasteiger partial charge < -0.3 is 5.11 Å². The quantitative estimate of drug-likeness (QED) is 0.851. The molecule has 0 aliphatic heterocycles. The Balaban J connectivity index is 2.23. The highest BCUT2D eigenvalue weighted by atomic mass is 16.4. The first kappa shape index (κ1) is 10.4. The number of carboxylic acid groups (broad SMARTS) is 1. The van der Waals surface area contributed by atoms with Gasteiger partial charge >= 0.3 is 5.97 Å². The number of carbonyl (C=O) groups is 1. The van der Waals surface area contributed by atoms with E-state index in [2.05, 4.69) is 4.98 Å². The van der Waals surface area contributed by atoms with Crippen molar-refractivity contribution < 1.29 is 9.90 Å². The Morgan fingerprint density at radius 3 is 2.44 bits per heavy atom. The van der Waals surface area contributed by atoms with Gasteiger partial charge in [0.2, 0.25) is 0 Å². The first-order valence-electron chi connectivity index (χ1n) is 4.98. The van der Waals surface area contributed by atoms with Crippen LogP contribution in [0.4, 0.5) is 0 Å². The van der Waals surface area contributed by atoms with E-state index in [1.165, 1.54) is 0 Å². The molecule has 0 saturated heterocycles. The normalized spacial score (nSPS) is 10.0. The molecule has 1 aromatic carbocycles. The lowest BCUT2D eigenvalue weighted by atomic mass is 10.1. The van der Waals surface area contributed by atoms with Crippen LogP contribution >= 0.6 is 0 Å². The summed E-state index contributed by atoms with van der Waals surface area (Å²) < 4.78 is 0. The van der Waals surface area contributed by atoms with Crippen LogP contribution in [0.15, 0.2) is 48.7 Å². The zero-order valence-electron chi connectivity index (χ0n) is 8.63. The van der Waals surface area contributed by atoms with Gasteiger partial charge in [-0.3, -0.25) is 9.78 Å². The second kappa shape index (κ2) is 4.57. The largest absolute Gasteiger partial charge is 0.481 e. The molecule has 0 aliphatic rings. The lowest BCUT2D eigenvalue weighted by Crippen LogP contribution is -2.00. The minimum absolute atomic E-state index is 0.0159. The molecule has 1 aromatic heterocycles. The van der Waals surface area contributed by atoms with E-state index in [4.69, 9.17) is 5.11 Å². The maximum absolute atomic E-state index is 10.5. The second-order valence-corrected chi connectivity index (χ2v) is 3.49. The van der Waals surface area contributed by atoms with Gasteiger partial charge in [0.25, 0.3) is 0 Å². The predicted molar refractivity (Wildman–Crippen MR) is 61.0 cm³/mol. The van der Waals surface area contributed by atoms with Crippen molar-refractivity contribution in [2.45, 2.75) is 6.42 Å². The standard InChI is InChI=1S/C13H11NO2/c15-13(16)8-10-6-7-12(14-9-10)11-4-2-1-3-5-11/h1-7,9H,8H2,(H,15,16). The molecule has 3 nitrogen and oxygen atoms in total. The van der Waals surface area contributed by atoms with Crippen LogP contribution in [0.2, 0.25) is 0 Å². The number of nitrogens with zero attached hydrogens (tertiary/aromatic N) is 1. The third-order valence-electron chi connectivity index (χ3n) is 2.25. The Hall–Kier alpha value is -2.16. The summed E-state index contributed by atoms with van der Waals surface area (Å²) in [5, 5.41) is 8.63. The molecular weight excluding hydrogens is 202 g/mol. The monoisotopic (exact) mass is 213 g/mol. The van der Waals surface area contributed by atoms with Crippen molar-refractivity contribution in [3.63, 3.8) is 0 Å². The van der Waals surface area contributed by atoms with Crippen LogP contribution in [0.5, 0.6) is 0 Å². The summed E-state index contributed by atoms with van der Waals surface area (Å²) in [6.45, 7) is 0. The SMILES string of the molecule is O=C(O)Cc1ccc(-c2ccccc2)nc1. The van der Waals surface area contributed by atoms with Crippen molar-refractivity contribution in [1.29, 1.82) is 0 Å². The molecule has 0 bridgehead atoms. The van der Waals surface area contributed by atoms with Crippen molar-refractivity contribution >= 4 is 5.97 Å².